The standard InChI is InChI=1S/C23H22Cl2N2O4S/c1-16(2)31-21-10-8-19(9-11-21)26-23(28)15-27(20-5-3-4-18(25)14-20)32(29,30)22-12-6-17(24)7-13-22/h3-14,16H,15H2,1-2H3,(H,26,28). The fourth-order valence-electron chi connectivity index (χ4n) is 2.90. The molecule has 0 aliphatic rings. The zero-order valence-corrected chi connectivity index (χ0v) is 19.8. The van der Waals surface area contributed by atoms with Crippen molar-refractivity contribution in [2.24, 2.45) is 0 Å². The van der Waals surface area contributed by atoms with Crippen LogP contribution in [0, 0.1) is 0 Å². The number of nitrogens with zero attached hydrogens (tertiary/aromatic N) is 1. The van der Waals surface area contributed by atoms with Crippen molar-refractivity contribution in [3.05, 3.63) is 82.8 Å². The predicted octanol–water partition coefficient (Wildman–Crippen LogP) is 5.61. The van der Waals surface area contributed by atoms with Crippen LogP contribution in [0.25, 0.3) is 0 Å². The third-order valence-corrected chi connectivity index (χ3v) is 6.57. The maximum Gasteiger partial charge on any atom is 0.264 e. The van der Waals surface area contributed by atoms with Crippen molar-refractivity contribution < 1.29 is 17.9 Å². The molecule has 168 valence electrons. The molecule has 0 unspecified atom stereocenters. The van der Waals surface area contributed by atoms with E-state index in [1.807, 2.05) is 13.8 Å². The van der Waals surface area contributed by atoms with Crippen molar-refractivity contribution in [2.75, 3.05) is 16.2 Å². The van der Waals surface area contributed by atoms with Gasteiger partial charge in [-0.2, -0.15) is 0 Å². The van der Waals surface area contributed by atoms with E-state index in [9.17, 15) is 13.2 Å². The summed E-state index contributed by atoms with van der Waals surface area (Å²) in [6, 6.07) is 18.9. The Kier molecular flexibility index (Phi) is 7.66. The fourth-order valence-corrected chi connectivity index (χ4v) is 4.62. The van der Waals surface area contributed by atoms with E-state index in [0.29, 0.717) is 21.5 Å². The Bertz CT molecular complexity index is 1180. The molecule has 9 heteroatoms. The number of benzene rings is 3. The van der Waals surface area contributed by atoms with Gasteiger partial charge in [0.05, 0.1) is 16.7 Å². The summed E-state index contributed by atoms with van der Waals surface area (Å²) in [4.78, 5) is 12.8. The molecule has 0 radical (unpaired) electrons. The van der Waals surface area contributed by atoms with Crippen LogP contribution in [0.3, 0.4) is 0 Å². The minimum atomic E-state index is -4.06. The van der Waals surface area contributed by atoms with E-state index >= 15 is 0 Å². The van der Waals surface area contributed by atoms with Gasteiger partial charge in [0.15, 0.2) is 0 Å². The van der Waals surface area contributed by atoms with Crippen molar-refractivity contribution in [3.63, 3.8) is 0 Å². The number of sulfonamides is 1. The number of rotatable bonds is 8. The van der Waals surface area contributed by atoms with Gasteiger partial charge in [-0.1, -0.05) is 29.3 Å². The Labute approximate surface area is 197 Å². The quantitative estimate of drug-likeness (QED) is 0.442. The van der Waals surface area contributed by atoms with Gasteiger partial charge in [-0.05, 0) is 80.6 Å². The molecule has 0 spiro atoms. The average molecular weight is 493 g/mol. The summed E-state index contributed by atoms with van der Waals surface area (Å²) in [6.07, 6.45) is 0.0276. The topological polar surface area (TPSA) is 75.7 Å². The lowest BCUT2D eigenvalue weighted by Crippen LogP contribution is -2.38. The molecule has 0 heterocycles. The molecule has 6 nitrogen and oxygen atoms in total. The van der Waals surface area contributed by atoms with E-state index in [0.717, 1.165) is 4.31 Å². The van der Waals surface area contributed by atoms with Crippen molar-refractivity contribution in [1.29, 1.82) is 0 Å². The lowest BCUT2D eigenvalue weighted by molar-refractivity contribution is -0.114. The van der Waals surface area contributed by atoms with Crippen LogP contribution in [-0.2, 0) is 14.8 Å². The average Bonchev–Trinajstić information content (AvgIpc) is 2.73. The highest BCUT2D eigenvalue weighted by Crippen LogP contribution is 2.27. The van der Waals surface area contributed by atoms with E-state index in [1.54, 1.807) is 42.5 Å². The molecule has 3 aromatic rings. The first-order chi connectivity index (χ1) is 15.1. The van der Waals surface area contributed by atoms with E-state index in [1.165, 1.54) is 30.3 Å². The van der Waals surface area contributed by atoms with Crippen molar-refractivity contribution in [2.45, 2.75) is 24.8 Å². The highest BCUT2D eigenvalue weighted by molar-refractivity contribution is 7.92. The molecule has 3 rings (SSSR count). The minimum absolute atomic E-state index is 0.00450. The number of halogens is 2. The number of hydrogen-bond donors (Lipinski definition) is 1. The maximum absolute atomic E-state index is 13.3. The molecule has 0 bridgehead atoms. The van der Waals surface area contributed by atoms with E-state index in [4.69, 9.17) is 27.9 Å². The van der Waals surface area contributed by atoms with Crippen molar-refractivity contribution in [3.8, 4) is 5.75 Å². The SMILES string of the molecule is CC(C)Oc1ccc(NC(=O)CN(c2cccc(Cl)c2)S(=O)(=O)c2ccc(Cl)cc2)cc1. The molecule has 0 aliphatic heterocycles. The summed E-state index contributed by atoms with van der Waals surface area (Å²) < 4.78 is 33.3. The Morgan fingerprint density at radius 1 is 0.969 bits per heavy atom. The first kappa shape index (κ1) is 23.9. The van der Waals surface area contributed by atoms with E-state index in [-0.39, 0.29) is 16.7 Å². The molecule has 0 atom stereocenters. The molecule has 0 aromatic heterocycles. The number of carbonyl (C=O) groups is 1. The molecule has 0 saturated carbocycles. The number of anilines is 2. The number of hydrogen-bond acceptors (Lipinski definition) is 4. The number of carbonyl (C=O) groups excluding carboxylic acids is 1. The van der Waals surface area contributed by atoms with Crippen LogP contribution in [0.4, 0.5) is 11.4 Å². The van der Waals surface area contributed by atoms with Gasteiger partial charge in [-0.3, -0.25) is 9.10 Å². The molecule has 1 N–H and O–H groups in total. The Morgan fingerprint density at radius 3 is 2.22 bits per heavy atom. The van der Waals surface area contributed by atoms with Gasteiger partial charge in [0.25, 0.3) is 10.0 Å². The van der Waals surface area contributed by atoms with Crippen LogP contribution in [0.5, 0.6) is 5.75 Å². The Hall–Kier alpha value is -2.74. The van der Waals surface area contributed by atoms with Crippen molar-refractivity contribution >= 4 is 50.5 Å². The Balaban J connectivity index is 1.85. The third kappa shape index (κ3) is 6.16. The van der Waals surface area contributed by atoms with Gasteiger partial charge >= 0.3 is 0 Å². The second-order valence-corrected chi connectivity index (χ2v) is 9.92. The second-order valence-electron chi connectivity index (χ2n) is 7.18. The highest BCUT2D eigenvalue weighted by Gasteiger charge is 2.27. The monoisotopic (exact) mass is 492 g/mol. The smallest absolute Gasteiger partial charge is 0.264 e. The van der Waals surface area contributed by atoms with Crippen LogP contribution in [-0.4, -0.2) is 27.0 Å². The van der Waals surface area contributed by atoms with Crippen molar-refractivity contribution in [1.82, 2.24) is 0 Å². The highest BCUT2D eigenvalue weighted by atomic mass is 35.5. The van der Waals surface area contributed by atoms with Gasteiger partial charge in [-0.25, -0.2) is 8.42 Å². The molecule has 3 aromatic carbocycles. The van der Waals surface area contributed by atoms with Gasteiger partial charge in [0, 0.05) is 15.7 Å². The van der Waals surface area contributed by atoms with Crippen LogP contribution in [0.15, 0.2) is 77.7 Å². The lowest BCUT2D eigenvalue weighted by atomic mass is 10.3. The first-order valence-electron chi connectivity index (χ1n) is 9.75. The Morgan fingerprint density at radius 2 is 1.62 bits per heavy atom. The fraction of sp³-hybridized carbons (Fsp3) is 0.174. The van der Waals surface area contributed by atoms with E-state index < -0.39 is 22.5 Å². The van der Waals surface area contributed by atoms with Crippen LogP contribution in [0.2, 0.25) is 10.0 Å². The number of amides is 1. The maximum atomic E-state index is 13.3. The van der Waals surface area contributed by atoms with Crippen LogP contribution >= 0.6 is 23.2 Å². The zero-order chi connectivity index (χ0) is 23.3. The predicted molar refractivity (Wildman–Crippen MR) is 128 cm³/mol. The molecule has 32 heavy (non-hydrogen) atoms. The molecular formula is C23H22Cl2N2O4S. The van der Waals surface area contributed by atoms with E-state index in [2.05, 4.69) is 5.32 Å². The van der Waals surface area contributed by atoms with Gasteiger partial charge in [-0.15, -0.1) is 0 Å². The molecule has 0 aliphatic carbocycles. The van der Waals surface area contributed by atoms with Gasteiger partial charge < -0.3 is 10.1 Å². The molecule has 1 amide bonds. The molecular weight excluding hydrogens is 471 g/mol. The summed E-state index contributed by atoms with van der Waals surface area (Å²) in [5, 5.41) is 3.47. The van der Waals surface area contributed by atoms with Gasteiger partial charge in [0.2, 0.25) is 5.91 Å². The van der Waals surface area contributed by atoms with Crippen LogP contribution < -0.4 is 14.4 Å². The number of nitrogens with one attached hydrogen (secondary N) is 1. The first-order valence-corrected chi connectivity index (χ1v) is 12.0. The second kappa shape index (κ2) is 10.3. The molecule has 0 fully saturated rings. The minimum Gasteiger partial charge on any atom is -0.491 e. The van der Waals surface area contributed by atoms with Gasteiger partial charge in [0.1, 0.15) is 12.3 Å². The summed E-state index contributed by atoms with van der Waals surface area (Å²) in [7, 11) is -4.06. The van der Waals surface area contributed by atoms with Crippen LogP contribution in [0.1, 0.15) is 13.8 Å². The summed E-state index contributed by atoms with van der Waals surface area (Å²) in [6.45, 7) is 3.39. The molecule has 0 saturated heterocycles. The summed E-state index contributed by atoms with van der Waals surface area (Å²) in [5.74, 6) is 0.156. The normalized spacial score (nSPS) is 11.3. The lowest BCUT2D eigenvalue weighted by Gasteiger charge is -2.24. The summed E-state index contributed by atoms with van der Waals surface area (Å²) >= 11 is 12.0. The zero-order valence-electron chi connectivity index (χ0n) is 17.5. The third-order valence-electron chi connectivity index (χ3n) is 4.29. The largest absolute Gasteiger partial charge is 0.491 e. The summed E-state index contributed by atoms with van der Waals surface area (Å²) in [5.41, 5.74) is 0.782. The number of ether oxygens (including phenoxy) is 1.